The summed E-state index contributed by atoms with van der Waals surface area (Å²) in [6.07, 6.45) is 4.88. The molecule has 1 unspecified atom stereocenters. The third kappa shape index (κ3) is 1.84. The van der Waals surface area contributed by atoms with Gasteiger partial charge in [0.05, 0.1) is 13.7 Å². The summed E-state index contributed by atoms with van der Waals surface area (Å²) in [5.74, 6) is 1.06. The van der Waals surface area contributed by atoms with E-state index in [9.17, 15) is 0 Å². The normalized spacial score (nSPS) is 24.1. The van der Waals surface area contributed by atoms with Crippen LogP contribution in [0.2, 0.25) is 0 Å². The molecule has 11 heavy (non-hydrogen) atoms. The van der Waals surface area contributed by atoms with Crippen molar-refractivity contribution in [3.63, 3.8) is 0 Å². The molecule has 0 aromatic rings. The maximum atomic E-state index is 8.96. The summed E-state index contributed by atoms with van der Waals surface area (Å²) >= 11 is 0. The number of hydrogen-bond acceptors (Lipinski definition) is 2. The molecular formula is C9H14O2. The van der Waals surface area contributed by atoms with Crippen molar-refractivity contribution in [2.45, 2.75) is 13.3 Å². The second-order valence-corrected chi connectivity index (χ2v) is 2.87. The molecule has 0 spiro atoms. The van der Waals surface area contributed by atoms with Gasteiger partial charge in [-0.3, -0.25) is 0 Å². The Hall–Kier alpha value is -0.760. The topological polar surface area (TPSA) is 29.5 Å². The fourth-order valence-corrected chi connectivity index (χ4v) is 1.31. The molecule has 1 atom stereocenters. The van der Waals surface area contributed by atoms with Crippen LogP contribution in [0.5, 0.6) is 0 Å². The highest BCUT2D eigenvalue weighted by Crippen LogP contribution is 2.24. The molecule has 0 heterocycles. The van der Waals surface area contributed by atoms with E-state index in [1.54, 1.807) is 7.11 Å². The second-order valence-electron chi connectivity index (χ2n) is 2.87. The minimum absolute atomic E-state index is 0.171. The predicted octanol–water partition coefficient (Wildman–Crippen LogP) is 1.48. The molecular weight excluding hydrogens is 140 g/mol. The highest BCUT2D eigenvalue weighted by atomic mass is 16.5. The Morgan fingerprint density at radius 3 is 2.91 bits per heavy atom. The van der Waals surface area contributed by atoms with Gasteiger partial charge >= 0.3 is 0 Å². The largest absolute Gasteiger partial charge is 0.501 e. The van der Waals surface area contributed by atoms with Gasteiger partial charge < -0.3 is 9.84 Å². The number of aliphatic hydroxyl groups excluding tert-OH is 1. The van der Waals surface area contributed by atoms with E-state index in [0.29, 0.717) is 0 Å². The minimum Gasteiger partial charge on any atom is -0.501 e. The van der Waals surface area contributed by atoms with E-state index in [-0.39, 0.29) is 12.5 Å². The summed E-state index contributed by atoms with van der Waals surface area (Å²) in [5.41, 5.74) is 1.30. The summed E-state index contributed by atoms with van der Waals surface area (Å²) in [5, 5.41) is 8.96. The van der Waals surface area contributed by atoms with Gasteiger partial charge in [0.2, 0.25) is 0 Å². The van der Waals surface area contributed by atoms with Crippen molar-refractivity contribution in [1.82, 2.24) is 0 Å². The molecule has 1 rings (SSSR count). The van der Waals surface area contributed by atoms with Crippen molar-refractivity contribution in [2.75, 3.05) is 13.7 Å². The van der Waals surface area contributed by atoms with E-state index >= 15 is 0 Å². The van der Waals surface area contributed by atoms with E-state index in [0.717, 1.165) is 12.2 Å². The molecule has 2 heteroatoms. The Morgan fingerprint density at radius 1 is 1.64 bits per heavy atom. The Balaban J connectivity index is 2.71. The molecule has 0 bridgehead atoms. The summed E-state index contributed by atoms with van der Waals surface area (Å²) in [7, 11) is 1.64. The lowest BCUT2D eigenvalue weighted by Crippen LogP contribution is -2.13. The molecule has 0 aliphatic heterocycles. The van der Waals surface area contributed by atoms with E-state index in [1.807, 2.05) is 12.2 Å². The Morgan fingerprint density at radius 2 is 2.36 bits per heavy atom. The van der Waals surface area contributed by atoms with Gasteiger partial charge in [0.25, 0.3) is 0 Å². The van der Waals surface area contributed by atoms with Crippen molar-refractivity contribution in [2.24, 2.45) is 5.92 Å². The number of allylic oxidation sites excluding steroid dienone is 3. The van der Waals surface area contributed by atoms with Crippen molar-refractivity contribution < 1.29 is 9.84 Å². The average Bonchev–Trinajstić information content (AvgIpc) is 2.04. The molecule has 0 saturated heterocycles. The zero-order chi connectivity index (χ0) is 8.27. The smallest absolute Gasteiger partial charge is 0.101 e. The lowest BCUT2D eigenvalue weighted by atomic mass is 9.94. The number of ether oxygens (including phenoxy) is 1. The van der Waals surface area contributed by atoms with E-state index in [4.69, 9.17) is 9.84 Å². The van der Waals surface area contributed by atoms with Crippen LogP contribution in [-0.4, -0.2) is 18.8 Å². The van der Waals surface area contributed by atoms with Gasteiger partial charge in [-0.25, -0.2) is 0 Å². The quantitative estimate of drug-likeness (QED) is 0.652. The van der Waals surface area contributed by atoms with Crippen LogP contribution >= 0.6 is 0 Å². The molecule has 1 N–H and O–H groups in total. The summed E-state index contributed by atoms with van der Waals surface area (Å²) in [6.45, 7) is 2.23. The molecule has 0 fully saturated rings. The second kappa shape index (κ2) is 3.58. The van der Waals surface area contributed by atoms with Gasteiger partial charge in [-0.1, -0.05) is 11.6 Å². The zero-order valence-electron chi connectivity index (χ0n) is 7.00. The van der Waals surface area contributed by atoms with Crippen LogP contribution in [0.4, 0.5) is 0 Å². The molecule has 0 radical (unpaired) electrons. The predicted molar refractivity (Wildman–Crippen MR) is 44.0 cm³/mol. The first-order valence-corrected chi connectivity index (χ1v) is 3.80. The first kappa shape index (κ1) is 8.34. The number of hydrogen-bond donors (Lipinski definition) is 1. The van der Waals surface area contributed by atoms with Gasteiger partial charge in [-0.15, -0.1) is 0 Å². The SMILES string of the molecule is COC1=CC=C(C)CC1CO. The standard InChI is InChI=1S/C9H14O2/c1-7-3-4-9(11-2)8(5-7)6-10/h3-4,8,10H,5-6H2,1-2H3. The number of aliphatic hydroxyl groups is 1. The van der Waals surface area contributed by atoms with E-state index in [2.05, 4.69) is 6.92 Å². The first-order valence-electron chi connectivity index (χ1n) is 3.80. The Labute approximate surface area is 67.2 Å². The van der Waals surface area contributed by atoms with Crippen molar-refractivity contribution in [3.8, 4) is 0 Å². The Bertz CT molecular complexity index is 192. The van der Waals surface area contributed by atoms with Gasteiger partial charge in [0.1, 0.15) is 5.76 Å². The van der Waals surface area contributed by atoms with Crippen LogP contribution in [-0.2, 0) is 4.74 Å². The van der Waals surface area contributed by atoms with Crippen LogP contribution < -0.4 is 0 Å². The molecule has 0 aromatic carbocycles. The van der Waals surface area contributed by atoms with Crippen LogP contribution in [0.25, 0.3) is 0 Å². The lowest BCUT2D eigenvalue weighted by molar-refractivity contribution is 0.172. The van der Waals surface area contributed by atoms with E-state index < -0.39 is 0 Å². The molecule has 0 amide bonds. The summed E-state index contributed by atoms with van der Waals surface area (Å²) in [4.78, 5) is 0. The van der Waals surface area contributed by atoms with Gasteiger partial charge in [-0.05, 0) is 19.4 Å². The number of rotatable bonds is 2. The average molecular weight is 154 g/mol. The monoisotopic (exact) mass is 154 g/mol. The number of methoxy groups -OCH3 is 1. The van der Waals surface area contributed by atoms with Gasteiger partial charge in [0, 0.05) is 5.92 Å². The van der Waals surface area contributed by atoms with E-state index in [1.165, 1.54) is 5.57 Å². The van der Waals surface area contributed by atoms with Crippen LogP contribution in [0, 0.1) is 5.92 Å². The minimum atomic E-state index is 0.171. The first-order chi connectivity index (χ1) is 5.27. The third-order valence-corrected chi connectivity index (χ3v) is 1.96. The van der Waals surface area contributed by atoms with Crippen LogP contribution in [0.15, 0.2) is 23.5 Å². The third-order valence-electron chi connectivity index (χ3n) is 1.96. The molecule has 0 saturated carbocycles. The molecule has 0 aromatic heterocycles. The maximum absolute atomic E-state index is 8.96. The van der Waals surface area contributed by atoms with Crippen LogP contribution in [0.3, 0.4) is 0 Å². The maximum Gasteiger partial charge on any atom is 0.101 e. The fraction of sp³-hybridized carbons (Fsp3) is 0.556. The van der Waals surface area contributed by atoms with Crippen molar-refractivity contribution in [3.05, 3.63) is 23.5 Å². The van der Waals surface area contributed by atoms with Crippen molar-refractivity contribution in [1.29, 1.82) is 0 Å². The van der Waals surface area contributed by atoms with Crippen molar-refractivity contribution >= 4 is 0 Å². The molecule has 2 nitrogen and oxygen atoms in total. The summed E-state index contributed by atoms with van der Waals surface area (Å²) < 4.78 is 5.10. The fourth-order valence-electron chi connectivity index (χ4n) is 1.31. The Kier molecular flexibility index (Phi) is 2.71. The van der Waals surface area contributed by atoms with Crippen LogP contribution in [0.1, 0.15) is 13.3 Å². The molecule has 1 aliphatic rings. The zero-order valence-corrected chi connectivity index (χ0v) is 7.00. The molecule has 1 aliphatic carbocycles. The highest BCUT2D eigenvalue weighted by molar-refractivity contribution is 5.22. The molecule has 62 valence electrons. The summed E-state index contributed by atoms with van der Waals surface area (Å²) in [6, 6.07) is 0. The van der Waals surface area contributed by atoms with Gasteiger partial charge in [-0.2, -0.15) is 0 Å². The van der Waals surface area contributed by atoms with Gasteiger partial charge in [0.15, 0.2) is 0 Å². The highest BCUT2D eigenvalue weighted by Gasteiger charge is 2.16. The lowest BCUT2D eigenvalue weighted by Gasteiger charge is -2.20.